The number of aliphatic carboxylic acids is 2. The summed E-state index contributed by atoms with van der Waals surface area (Å²) in [5.41, 5.74) is 0. The van der Waals surface area contributed by atoms with Crippen molar-refractivity contribution in [1.29, 1.82) is 0 Å². The molecule has 1 saturated heterocycles. The van der Waals surface area contributed by atoms with E-state index in [4.69, 9.17) is 10.2 Å². The van der Waals surface area contributed by atoms with Gasteiger partial charge in [-0.15, -0.1) is 0 Å². The van der Waals surface area contributed by atoms with Gasteiger partial charge in [0.15, 0.2) is 0 Å². The minimum atomic E-state index is -0.665. The summed E-state index contributed by atoms with van der Waals surface area (Å²) in [6.07, 6.45) is 23.9. The SMILES string of the molecule is O=C(O)CCCCCCCCCCCC1CNCCN1CCCCCCCCCCCC(=O)O. The molecule has 1 unspecified atom stereocenters. The van der Waals surface area contributed by atoms with Crippen molar-refractivity contribution in [2.75, 3.05) is 26.2 Å². The summed E-state index contributed by atoms with van der Waals surface area (Å²) in [5.74, 6) is -1.33. The highest BCUT2D eigenvalue weighted by Crippen LogP contribution is 2.17. The second-order valence-corrected chi connectivity index (χ2v) is 10.3. The molecule has 1 fully saturated rings. The Morgan fingerprint density at radius 3 is 1.50 bits per heavy atom. The van der Waals surface area contributed by atoms with Crippen molar-refractivity contribution in [3.63, 3.8) is 0 Å². The van der Waals surface area contributed by atoms with E-state index in [0.717, 1.165) is 38.8 Å². The molecule has 200 valence electrons. The Labute approximate surface area is 209 Å². The van der Waals surface area contributed by atoms with Crippen LogP contribution in [0.25, 0.3) is 0 Å². The van der Waals surface area contributed by atoms with Crippen molar-refractivity contribution < 1.29 is 19.8 Å². The molecule has 0 bridgehead atoms. The minimum Gasteiger partial charge on any atom is -0.481 e. The van der Waals surface area contributed by atoms with Crippen molar-refractivity contribution in [2.24, 2.45) is 0 Å². The van der Waals surface area contributed by atoms with Crippen LogP contribution in [0.1, 0.15) is 135 Å². The van der Waals surface area contributed by atoms with Crippen molar-refractivity contribution in [3.05, 3.63) is 0 Å². The summed E-state index contributed by atoms with van der Waals surface area (Å²) in [4.78, 5) is 23.7. The van der Waals surface area contributed by atoms with Crippen LogP contribution in [0.3, 0.4) is 0 Å². The smallest absolute Gasteiger partial charge is 0.303 e. The van der Waals surface area contributed by atoms with Crippen molar-refractivity contribution >= 4 is 11.9 Å². The predicted octanol–water partition coefficient (Wildman–Crippen LogP) is 6.62. The maximum Gasteiger partial charge on any atom is 0.303 e. The summed E-state index contributed by atoms with van der Waals surface area (Å²) in [7, 11) is 0. The molecule has 6 nitrogen and oxygen atoms in total. The van der Waals surface area contributed by atoms with Gasteiger partial charge < -0.3 is 15.5 Å². The Hall–Kier alpha value is -1.14. The third-order valence-electron chi connectivity index (χ3n) is 7.24. The zero-order valence-corrected chi connectivity index (χ0v) is 21.9. The van der Waals surface area contributed by atoms with E-state index in [9.17, 15) is 9.59 Å². The van der Waals surface area contributed by atoms with Gasteiger partial charge in [0.25, 0.3) is 0 Å². The normalized spacial score (nSPS) is 16.6. The molecule has 3 N–H and O–H groups in total. The van der Waals surface area contributed by atoms with E-state index < -0.39 is 11.9 Å². The fourth-order valence-electron chi connectivity index (χ4n) is 5.10. The third kappa shape index (κ3) is 19.2. The lowest BCUT2D eigenvalue weighted by Gasteiger charge is -2.36. The highest BCUT2D eigenvalue weighted by atomic mass is 16.4. The Morgan fingerprint density at radius 2 is 1.03 bits per heavy atom. The Bertz CT molecular complexity index is 457. The molecule has 0 amide bonds. The molecule has 1 rings (SSSR count). The van der Waals surface area contributed by atoms with E-state index in [2.05, 4.69) is 10.2 Å². The van der Waals surface area contributed by atoms with E-state index in [1.54, 1.807) is 0 Å². The Kier molecular flexibility index (Phi) is 20.3. The Balaban J connectivity index is 1.92. The van der Waals surface area contributed by atoms with Crippen LogP contribution in [-0.2, 0) is 9.59 Å². The first-order valence-electron chi connectivity index (χ1n) is 14.5. The number of nitrogens with zero attached hydrogens (tertiary/aromatic N) is 1. The van der Waals surface area contributed by atoms with Crippen LogP contribution in [0, 0.1) is 0 Å². The van der Waals surface area contributed by atoms with Crippen molar-refractivity contribution in [1.82, 2.24) is 10.2 Å². The predicted molar refractivity (Wildman–Crippen MR) is 140 cm³/mol. The molecule has 1 atom stereocenters. The van der Waals surface area contributed by atoms with Gasteiger partial charge in [0.2, 0.25) is 0 Å². The summed E-state index contributed by atoms with van der Waals surface area (Å²) in [6, 6.07) is 0.716. The van der Waals surface area contributed by atoms with Gasteiger partial charge in [-0.2, -0.15) is 0 Å². The van der Waals surface area contributed by atoms with Gasteiger partial charge in [-0.3, -0.25) is 14.5 Å². The van der Waals surface area contributed by atoms with Crippen molar-refractivity contribution in [2.45, 2.75) is 141 Å². The van der Waals surface area contributed by atoms with E-state index in [0.29, 0.717) is 18.9 Å². The number of hydrogen-bond acceptors (Lipinski definition) is 4. The monoisotopic (exact) mass is 482 g/mol. The zero-order valence-electron chi connectivity index (χ0n) is 21.9. The average molecular weight is 483 g/mol. The third-order valence-corrected chi connectivity index (χ3v) is 7.24. The molecule has 0 aliphatic carbocycles. The largest absolute Gasteiger partial charge is 0.481 e. The molecule has 34 heavy (non-hydrogen) atoms. The first kappa shape index (κ1) is 30.9. The Morgan fingerprint density at radius 1 is 0.618 bits per heavy atom. The maximum absolute atomic E-state index is 10.5. The molecule has 6 heteroatoms. The molecule has 1 aliphatic rings. The zero-order chi connectivity index (χ0) is 24.7. The van der Waals surface area contributed by atoms with Crippen LogP contribution in [-0.4, -0.2) is 59.3 Å². The molecule has 0 spiro atoms. The van der Waals surface area contributed by atoms with Crippen LogP contribution in [0.4, 0.5) is 0 Å². The molecule has 0 radical (unpaired) electrons. The number of carbonyl (C=O) groups is 2. The fourth-order valence-corrected chi connectivity index (χ4v) is 5.10. The summed E-state index contributed by atoms with van der Waals surface area (Å²) >= 11 is 0. The number of hydrogen-bond donors (Lipinski definition) is 3. The number of piperazine rings is 1. The van der Waals surface area contributed by atoms with Crippen LogP contribution in [0.2, 0.25) is 0 Å². The summed E-state index contributed by atoms with van der Waals surface area (Å²) in [5, 5.41) is 20.9. The molecule has 0 aromatic heterocycles. The van der Waals surface area contributed by atoms with Crippen LogP contribution in [0.15, 0.2) is 0 Å². The molecule has 1 aliphatic heterocycles. The fraction of sp³-hybridized carbons (Fsp3) is 0.929. The first-order chi connectivity index (χ1) is 16.6. The summed E-state index contributed by atoms with van der Waals surface area (Å²) < 4.78 is 0. The van der Waals surface area contributed by atoms with Gasteiger partial charge in [0.1, 0.15) is 0 Å². The van der Waals surface area contributed by atoms with Crippen molar-refractivity contribution in [3.8, 4) is 0 Å². The number of rotatable bonds is 24. The number of carboxylic acids is 2. The van der Waals surface area contributed by atoms with E-state index in [1.807, 2.05) is 0 Å². The summed E-state index contributed by atoms with van der Waals surface area (Å²) in [6.45, 7) is 4.73. The molecule has 0 saturated carbocycles. The molecular formula is C28H54N2O4. The van der Waals surface area contributed by atoms with Crippen LogP contribution in [0.5, 0.6) is 0 Å². The average Bonchev–Trinajstić information content (AvgIpc) is 2.81. The van der Waals surface area contributed by atoms with Gasteiger partial charge in [-0.25, -0.2) is 0 Å². The van der Waals surface area contributed by atoms with Gasteiger partial charge in [0.05, 0.1) is 0 Å². The standard InChI is InChI=1S/C28H54N2O4/c31-27(32)20-16-12-8-4-1-3-7-11-15-19-26-25-29-22-24-30(26)23-18-14-10-6-2-5-9-13-17-21-28(33)34/h26,29H,1-25H2,(H,31,32)(H,33,34). The highest BCUT2D eigenvalue weighted by Gasteiger charge is 2.20. The maximum atomic E-state index is 10.5. The molecule has 1 heterocycles. The molecular weight excluding hydrogens is 428 g/mol. The highest BCUT2D eigenvalue weighted by molar-refractivity contribution is 5.66. The van der Waals surface area contributed by atoms with Crippen LogP contribution < -0.4 is 5.32 Å². The number of unbranched alkanes of at least 4 members (excludes halogenated alkanes) is 16. The topological polar surface area (TPSA) is 89.9 Å². The first-order valence-corrected chi connectivity index (χ1v) is 14.5. The van der Waals surface area contributed by atoms with E-state index in [-0.39, 0.29) is 0 Å². The number of carboxylic acid groups (broad SMARTS) is 2. The lowest BCUT2D eigenvalue weighted by atomic mass is 10.0. The van der Waals surface area contributed by atoms with E-state index >= 15 is 0 Å². The number of nitrogens with one attached hydrogen (secondary N) is 1. The van der Waals surface area contributed by atoms with Gasteiger partial charge in [-0.1, -0.05) is 96.3 Å². The van der Waals surface area contributed by atoms with Crippen LogP contribution >= 0.6 is 0 Å². The second kappa shape index (κ2) is 22.3. The second-order valence-electron chi connectivity index (χ2n) is 10.3. The molecule has 0 aromatic carbocycles. The molecule has 0 aromatic rings. The lowest BCUT2D eigenvalue weighted by molar-refractivity contribution is -0.138. The van der Waals surface area contributed by atoms with Gasteiger partial charge in [0, 0.05) is 38.5 Å². The lowest BCUT2D eigenvalue weighted by Crippen LogP contribution is -2.51. The minimum absolute atomic E-state index is 0.325. The van der Waals surface area contributed by atoms with E-state index in [1.165, 1.54) is 109 Å². The van der Waals surface area contributed by atoms with Gasteiger partial charge >= 0.3 is 11.9 Å². The van der Waals surface area contributed by atoms with Gasteiger partial charge in [-0.05, 0) is 32.2 Å². The quantitative estimate of drug-likeness (QED) is 0.134.